The fourth-order valence-corrected chi connectivity index (χ4v) is 1.79. The van der Waals surface area contributed by atoms with E-state index in [4.69, 9.17) is 0 Å². The molecule has 0 heteroatoms. The topological polar surface area (TPSA) is 0 Å². The third-order valence-electron chi connectivity index (χ3n) is 5.07. The van der Waals surface area contributed by atoms with E-state index < -0.39 is 0 Å². The van der Waals surface area contributed by atoms with Gasteiger partial charge in [0, 0.05) is 0 Å². The molecule has 0 saturated carbocycles. The predicted octanol–water partition coefficient (Wildman–Crippen LogP) is 10.0. The summed E-state index contributed by atoms with van der Waals surface area (Å²) in [5, 5.41) is 0. The van der Waals surface area contributed by atoms with Gasteiger partial charge in [-0.05, 0) is 48.1 Å². The molecule has 0 unspecified atom stereocenters. The number of hydrogen-bond acceptors (Lipinski definition) is 0. The normalized spacial score (nSPS) is 9.87. The highest BCUT2D eigenvalue weighted by atomic mass is 14.0. The summed E-state index contributed by atoms with van der Waals surface area (Å²) >= 11 is 0. The van der Waals surface area contributed by atoms with Crippen molar-refractivity contribution >= 4 is 0 Å². The lowest BCUT2D eigenvalue weighted by Crippen LogP contribution is -1.89. The summed E-state index contributed by atoms with van der Waals surface area (Å²) in [4.78, 5) is 0. The molecule has 0 aromatic heterocycles. The van der Waals surface area contributed by atoms with E-state index in [0.29, 0.717) is 0 Å². The molecule has 0 saturated heterocycles. The average molecular weight is 413 g/mol. The fraction of sp³-hybridized carbons (Fsp3) is 0.600. The number of hydrogen-bond donors (Lipinski definition) is 0. The van der Waals surface area contributed by atoms with Gasteiger partial charge in [0.05, 0.1) is 0 Å². The lowest BCUT2D eigenvalue weighted by Gasteiger charge is -2.01. The molecule has 0 aliphatic heterocycles. The van der Waals surface area contributed by atoms with Gasteiger partial charge in [-0.2, -0.15) is 0 Å². The maximum atomic E-state index is 2.22. The Hall–Kier alpha value is -1.56. The molecule has 0 aliphatic carbocycles. The number of rotatable bonds is 7. The molecule has 172 valence electrons. The van der Waals surface area contributed by atoms with E-state index in [2.05, 4.69) is 123 Å². The minimum atomic E-state index is 0.884. The fourth-order valence-electron chi connectivity index (χ4n) is 1.79. The molecule has 0 nitrogen and oxygen atoms in total. The Balaban J connectivity index is 0. The lowest BCUT2D eigenvalue weighted by molar-refractivity contribution is 0.626. The van der Waals surface area contributed by atoms with Crippen molar-refractivity contribution in [2.75, 3.05) is 0 Å². The first kappa shape index (κ1) is 30.6. The molecule has 30 heavy (non-hydrogen) atoms. The molecule has 0 fully saturated rings. The van der Waals surface area contributed by atoms with E-state index in [9.17, 15) is 0 Å². The van der Waals surface area contributed by atoms with Gasteiger partial charge in [-0.15, -0.1) is 0 Å². The lowest BCUT2D eigenvalue weighted by atomic mass is 10.0. The monoisotopic (exact) mass is 412 g/mol. The molecule has 0 aliphatic rings. The Labute approximate surface area is 190 Å². The van der Waals surface area contributed by atoms with Crippen molar-refractivity contribution in [2.45, 2.75) is 101 Å². The summed E-state index contributed by atoms with van der Waals surface area (Å²) in [6.07, 6.45) is 7.50. The molecule has 0 N–H and O–H groups in total. The van der Waals surface area contributed by atoms with Crippen LogP contribution in [-0.4, -0.2) is 0 Å². The first-order valence-corrected chi connectivity index (χ1v) is 12.3. The molecule has 0 spiro atoms. The summed E-state index contributed by atoms with van der Waals surface area (Å²) in [5.41, 5.74) is 2.88. The highest BCUT2D eigenvalue weighted by Crippen LogP contribution is 2.07. The zero-order valence-electron chi connectivity index (χ0n) is 21.7. The third kappa shape index (κ3) is 24.5. The van der Waals surface area contributed by atoms with Crippen LogP contribution in [-0.2, 0) is 12.8 Å². The molecule has 2 aromatic rings. The van der Waals surface area contributed by atoms with E-state index in [0.717, 1.165) is 17.8 Å². The van der Waals surface area contributed by atoms with Crippen LogP contribution in [0.3, 0.4) is 0 Å². The number of benzene rings is 2. The second kappa shape index (κ2) is 22.1. The van der Waals surface area contributed by atoms with E-state index in [1.807, 2.05) is 0 Å². The second-order valence-corrected chi connectivity index (χ2v) is 9.23. The molecule has 0 atom stereocenters. The highest BCUT2D eigenvalue weighted by Gasteiger charge is 1.93. The zero-order valence-corrected chi connectivity index (χ0v) is 21.7. The van der Waals surface area contributed by atoms with Gasteiger partial charge < -0.3 is 0 Å². The van der Waals surface area contributed by atoms with Crippen molar-refractivity contribution < 1.29 is 0 Å². The maximum Gasteiger partial charge on any atom is -0.0276 e. The van der Waals surface area contributed by atoms with Crippen LogP contribution >= 0.6 is 0 Å². The summed E-state index contributed by atoms with van der Waals surface area (Å²) in [5.74, 6) is 2.65. The van der Waals surface area contributed by atoms with E-state index in [-0.39, 0.29) is 0 Å². The van der Waals surface area contributed by atoms with Crippen LogP contribution in [0.2, 0.25) is 0 Å². The largest absolute Gasteiger partial charge is 0.0651 e. The zero-order chi connectivity index (χ0) is 23.2. The van der Waals surface area contributed by atoms with Gasteiger partial charge in [-0.3, -0.25) is 0 Å². The molecule has 2 aromatic carbocycles. The molecular formula is C30H52. The quantitative estimate of drug-likeness (QED) is 0.424. The van der Waals surface area contributed by atoms with Crippen LogP contribution < -0.4 is 0 Å². The van der Waals surface area contributed by atoms with Crippen LogP contribution in [0.4, 0.5) is 0 Å². The van der Waals surface area contributed by atoms with Crippen LogP contribution in [0.25, 0.3) is 0 Å². The van der Waals surface area contributed by atoms with Crippen molar-refractivity contribution in [1.29, 1.82) is 0 Å². The molecule has 0 heterocycles. The first-order valence-electron chi connectivity index (χ1n) is 12.3. The Morgan fingerprint density at radius 1 is 0.467 bits per heavy atom. The van der Waals surface area contributed by atoms with Gasteiger partial charge in [0.15, 0.2) is 0 Å². The second-order valence-electron chi connectivity index (χ2n) is 9.23. The van der Waals surface area contributed by atoms with E-state index >= 15 is 0 Å². The predicted molar refractivity (Wildman–Crippen MR) is 140 cm³/mol. The summed E-state index contributed by atoms with van der Waals surface area (Å²) in [6, 6.07) is 21.4. The molecular weight excluding hydrogens is 360 g/mol. The van der Waals surface area contributed by atoms with Crippen molar-refractivity contribution in [1.82, 2.24) is 0 Å². The van der Waals surface area contributed by atoms with Gasteiger partial charge in [0.2, 0.25) is 0 Å². The van der Waals surface area contributed by atoms with Gasteiger partial charge in [0.1, 0.15) is 0 Å². The summed E-state index contributed by atoms with van der Waals surface area (Å²) in [6.45, 7) is 19.9. The molecule has 2 rings (SSSR count). The van der Waals surface area contributed by atoms with Gasteiger partial charge >= 0.3 is 0 Å². The maximum absolute atomic E-state index is 2.22. The minimum Gasteiger partial charge on any atom is -0.0651 e. The standard InChI is InChI=1S/C15H16.3C5H12/c1-3-8-14(9-4-1)12-7-13-15-10-5-2-6-11-15;3*1-4-5(2)3/h1-6,8-11H,7,12-13H2;3*5H,4H2,1-3H3. The Morgan fingerprint density at radius 3 is 0.900 bits per heavy atom. The highest BCUT2D eigenvalue weighted by molar-refractivity contribution is 5.17. The molecule has 0 bridgehead atoms. The summed E-state index contributed by atoms with van der Waals surface area (Å²) in [7, 11) is 0. The Kier molecular flexibility index (Phi) is 22.6. The molecule has 0 radical (unpaired) electrons. The third-order valence-corrected chi connectivity index (χ3v) is 5.07. The van der Waals surface area contributed by atoms with Crippen molar-refractivity contribution in [3.63, 3.8) is 0 Å². The van der Waals surface area contributed by atoms with Crippen LogP contribution in [0.15, 0.2) is 60.7 Å². The van der Waals surface area contributed by atoms with Crippen molar-refractivity contribution in [3.05, 3.63) is 71.8 Å². The van der Waals surface area contributed by atoms with Crippen LogP contribution in [0, 0.1) is 17.8 Å². The number of aryl methyl sites for hydroxylation is 2. The Bertz CT molecular complexity index is 478. The summed E-state index contributed by atoms with van der Waals surface area (Å²) < 4.78 is 0. The Morgan fingerprint density at radius 2 is 0.700 bits per heavy atom. The van der Waals surface area contributed by atoms with Gasteiger partial charge in [-0.25, -0.2) is 0 Å². The van der Waals surface area contributed by atoms with Gasteiger partial charge in [-0.1, -0.05) is 142 Å². The SMILES string of the molecule is CCC(C)C.CCC(C)C.CCC(C)C.c1ccc(CCCc2ccccc2)cc1. The smallest absolute Gasteiger partial charge is 0.0276 e. The van der Waals surface area contributed by atoms with Crippen LogP contribution in [0.1, 0.15) is 99.1 Å². The molecule has 0 amide bonds. The van der Waals surface area contributed by atoms with E-state index in [1.54, 1.807) is 0 Å². The van der Waals surface area contributed by atoms with E-state index in [1.165, 1.54) is 49.7 Å². The van der Waals surface area contributed by atoms with Gasteiger partial charge in [0.25, 0.3) is 0 Å². The minimum absolute atomic E-state index is 0.884. The van der Waals surface area contributed by atoms with Crippen molar-refractivity contribution in [3.8, 4) is 0 Å². The first-order chi connectivity index (χ1) is 14.3. The van der Waals surface area contributed by atoms with Crippen molar-refractivity contribution in [2.24, 2.45) is 17.8 Å². The average Bonchev–Trinajstić information content (AvgIpc) is 2.76. The van der Waals surface area contributed by atoms with Crippen LogP contribution in [0.5, 0.6) is 0 Å².